The Morgan fingerprint density at radius 3 is 2.39 bits per heavy atom. The molecule has 2 aromatic carbocycles. The van der Waals surface area contributed by atoms with Crippen LogP contribution in [0.2, 0.25) is 0 Å². The molecule has 1 aliphatic heterocycles. The number of carbonyl (C=O) groups excluding carboxylic acids is 1. The maximum atomic E-state index is 12.6. The van der Waals surface area contributed by atoms with Gasteiger partial charge in [-0.15, -0.1) is 0 Å². The van der Waals surface area contributed by atoms with Crippen molar-refractivity contribution in [2.75, 3.05) is 11.5 Å². The van der Waals surface area contributed by atoms with Crippen LogP contribution in [0, 0.1) is 0 Å². The molecule has 0 radical (unpaired) electrons. The fourth-order valence-corrected chi connectivity index (χ4v) is 3.58. The lowest BCUT2D eigenvalue weighted by molar-refractivity contribution is -0.127. The van der Waals surface area contributed by atoms with Crippen molar-refractivity contribution in [1.29, 1.82) is 0 Å². The third-order valence-electron chi connectivity index (χ3n) is 3.87. The van der Waals surface area contributed by atoms with E-state index in [-0.39, 0.29) is 23.6 Å². The molecule has 1 atom stereocenters. The Hall–Kier alpha value is -2.94. The lowest BCUT2D eigenvalue weighted by Gasteiger charge is -2.16. The Balaban J connectivity index is 1.67. The lowest BCUT2D eigenvalue weighted by atomic mass is 10.3. The number of sulfonamides is 1. The van der Waals surface area contributed by atoms with E-state index < -0.39 is 16.1 Å². The molecule has 1 amide bonds. The second-order valence-corrected chi connectivity index (χ2v) is 8.25. The number of rotatable bonds is 7. The van der Waals surface area contributed by atoms with Crippen LogP contribution in [0.3, 0.4) is 0 Å². The van der Waals surface area contributed by atoms with Crippen molar-refractivity contribution in [1.82, 2.24) is 5.32 Å². The largest absolute Gasteiger partial charge is 0.481 e. The Labute approximate surface area is 163 Å². The Morgan fingerprint density at radius 2 is 1.71 bits per heavy atom. The summed E-state index contributed by atoms with van der Waals surface area (Å²) in [6.45, 7) is 5.46. The highest BCUT2D eigenvalue weighted by Crippen LogP contribution is 2.34. The highest BCUT2D eigenvalue weighted by Gasteiger charge is 2.19. The SMILES string of the molecule is CC(C)NC(=O)[C@H](C)Oc1ccc(S(=O)(=O)Nc2ccc3c(c2)OCO3)cc1. The summed E-state index contributed by atoms with van der Waals surface area (Å²) >= 11 is 0. The number of hydrogen-bond donors (Lipinski definition) is 2. The molecule has 8 nitrogen and oxygen atoms in total. The Bertz CT molecular complexity index is 957. The quantitative estimate of drug-likeness (QED) is 0.732. The molecule has 0 spiro atoms. The van der Waals surface area contributed by atoms with Gasteiger partial charge < -0.3 is 19.5 Å². The van der Waals surface area contributed by atoms with Gasteiger partial charge in [-0.3, -0.25) is 9.52 Å². The summed E-state index contributed by atoms with van der Waals surface area (Å²) in [5.74, 6) is 1.21. The maximum absolute atomic E-state index is 12.6. The van der Waals surface area contributed by atoms with Crippen LogP contribution >= 0.6 is 0 Å². The molecule has 0 bridgehead atoms. The number of hydrogen-bond acceptors (Lipinski definition) is 6. The maximum Gasteiger partial charge on any atom is 0.261 e. The van der Waals surface area contributed by atoms with Crippen LogP contribution in [0.1, 0.15) is 20.8 Å². The van der Waals surface area contributed by atoms with E-state index in [2.05, 4.69) is 10.0 Å². The van der Waals surface area contributed by atoms with Crippen molar-refractivity contribution in [3.05, 3.63) is 42.5 Å². The molecular formula is C19H22N2O6S. The monoisotopic (exact) mass is 406 g/mol. The minimum absolute atomic E-state index is 0.00771. The van der Waals surface area contributed by atoms with Crippen molar-refractivity contribution < 1.29 is 27.4 Å². The second kappa shape index (κ2) is 7.97. The van der Waals surface area contributed by atoms with Gasteiger partial charge in [0.2, 0.25) is 6.79 Å². The first kappa shape index (κ1) is 19.8. The highest BCUT2D eigenvalue weighted by molar-refractivity contribution is 7.92. The standard InChI is InChI=1S/C19H22N2O6S/c1-12(2)20-19(22)13(3)27-15-5-7-16(8-6-15)28(23,24)21-14-4-9-17-18(10-14)26-11-25-17/h4-10,12-13,21H,11H2,1-3H3,(H,20,22)/t13-/m0/s1. The average Bonchev–Trinajstić information content (AvgIpc) is 3.09. The number of benzene rings is 2. The van der Waals surface area contributed by atoms with E-state index in [0.717, 1.165) is 0 Å². The molecule has 9 heteroatoms. The minimum atomic E-state index is -3.79. The van der Waals surface area contributed by atoms with Crippen LogP contribution in [0.4, 0.5) is 5.69 Å². The smallest absolute Gasteiger partial charge is 0.261 e. The molecule has 1 aliphatic rings. The zero-order chi connectivity index (χ0) is 20.3. The van der Waals surface area contributed by atoms with E-state index in [4.69, 9.17) is 14.2 Å². The number of ether oxygens (including phenoxy) is 3. The third-order valence-corrected chi connectivity index (χ3v) is 5.27. The predicted molar refractivity (Wildman–Crippen MR) is 103 cm³/mol. The van der Waals surface area contributed by atoms with Gasteiger partial charge in [0.05, 0.1) is 10.6 Å². The predicted octanol–water partition coefficient (Wildman–Crippen LogP) is 2.51. The highest BCUT2D eigenvalue weighted by atomic mass is 32.2. The van der Waals surface area contributed by atoms with Crippen molar-refractivity contribution >= 4 is 21.6 Å². The summed E-state index contributed by atoms with van der Waals surface area (Å²) in [5, 5.41) is 2.75. The molecule has 150 valence electrons. The molecule has 0 saturated heterocycles. The number of amides is 1. The number of carbonyl (C=O) groups is 1. The van der Waals surface area contributed by atoms with Gasteiger partial charge in [0.15, 0.2) is 17.6 Å². The van der Waals surface area contributed by atoms with Gasteiger partial charge in [-0.1, -0.05) is 0 Å². The van der Waals surface area contributed by atoms with Crippen LogP contribution in [-0.4, -0.2) is 33.3 Å². The van der Waals surface area contributed by atoms with Gasteiger partial charge in [0, 0.05) is 12.1 Å². The molecule has 0 unspecified atom stereocenters. The van der Waals surface area contributed by atoms with Crippen molar-refractivity contribution in [3.8, 4) is 17.2 Å². The zero-order valence-electron chi connectivity index (χ0n) is 15.8. The molecule has 0 aliphatic carbocycles. The summed E-state index contributed by atoms with van der Waals surface area (Å²) < 4.78 is 43.7. The fraction of sp³-hybridized carbons (Fsp3) is 0.316. The van der Waals surface area contributed by atoms with E-state index in [9.17, 15) is 13.2 Å². The first-order valence-electron chi connectivity index (χ1n) is 8.74. The van der Waals surface area contributed by atoms with E-state index >= 15 is 0 Å². The van der Waals surface area contributed by atoms with Crippen LogP contribution in [-0.2, 0) is 14.8 Å². The van der Waals surface area contributed by atoms with Crippen molar-refractivity contribution in [2.24, 2.45) is 0 Å². The van der Waals surface area contributed by atoms with Crippen LogP contribution in [0.5, 0.6) is 17.2 Å². The minimum Gasteiger partial charge on any atom is -0.481 e. The van der Waals surface area contributed by atoms with Gasteiger partial charge in [-0.25, -0.2) is 8.42 Å². The average molecular weight is 406 g/mol. The number of anilines is 1. The van der Waals surface area contributed by atoms with Gasteiger partial charge in [0.25, 0.3) is 15.9 Å². The summed E-state index contributed by atoms with van der Waals surface area (Å²) in [6.07, 6.45) is -0.698. The van der Waals surface area contributed by atoms with E-state index in [1.165, 1.54) is 24.3 Å². The second-order valence-electron chi connectivity index (χ2n) is 6.57. The molecular weight excluding hydrogens is 384 g/mol. The summed E-state index contributed by atoms with van der Waals surface area (Å²) in [6, 6.07) is 10.6. The van der Waals surface area contributed by atoms with Crippen LogP contribution in [0.25, 0.3) is 0 Å². The Kier molecular flexibility index (Phi) is 5.64. The van der Waals surface area contributed by atoms with Crippen LogP contribution in [0.15, 0.2) is 47.4 Å². The van der Waals surface area contributed by atoms with Gasteiger partial charge in [0.1, 0.15) is 5.75 Å². The Morgan fingerprint density at radius 1 is 1.04 bits per heavy atom. The number of nitrogens with one attached hydrogen (secondary N) is 2. The normalized spacial score (nSPS) is 13.9. The third kappa shape index (κ3) is 4.66. The summed E-state index contributed by atoms with van der Waals surface area (Å²) in [5.41, 5.74) is 0.364. The first-order valence-corrected chi connectivity index (χ1v) is 10.2. The first-order chi connectivity index (χ1) is 13.2. The van der Waals surface area contributed by atoms with E-state index in [1.54, 1.807) is 25.1 Å². The molecule has 2 aromatic rings. The molecule has 0 fully saturated rings. The summed E-state index contributed by atoms with van der Waals surface area (Å²) in [4.78, 5) is 12.0. The van der Waals surface area contributed by atoms with Crippen LogP contribution < -0.4 is 24.2 Å². The molecule has 28 heavy (non-hydrogen) atoms. The van der Waals surface area contributed by atoms with Crippen molar-refractivity contribution in [3.63, 3.8) is 0 Å². The zero-order valence-corrected chi connectivity index (χ0v) is 16.6. The van der Waals surface area contributed by atoms with Gasteiger partial charge in [-0.05, 0) is 57.2 Å². The van der Waals surface area contributed by atoms with E-state index in [1.807, 2.05) is 13.8 Å². The molecule has 3 rings (SSSR count). The molecule has 1 heterocycles. The molecule has 0 saturated carbocycles. The van der Waals surface area contributed by atoms with Gasteiger partial charge >= 0.3 is 0 Å². The number of fused-ring (bicyclic) bond motifs is 1. The lowest BCUT2D eigenvalue weighted by Crippen LogP contribution is -2.40. The summed E-state index contributed by atoms with van der Waals surface area (Å²) in [7, 11) is -3.79. The van der Waals surface area contributed by atoms with E-state index in [0.29, 0.717) is 22.9 Å². The van der Waals surface area contributed by atoms with Crippen molar-refractivity contribution in [2.45, 2.75) is 37.8 Å². The molecule has 2 N–H and O–H groups in total. The molecule has 0 aromatic heterocycles. The fourth-order valence-electron chi connectivity index (χ4n) is 2.53. The topological polar surface area (TPSA) is 103 Å². The van der Waals surface area contributed by atoms with Gasteiger partial charge in [-0.2, -0.15) is 0 Å².